The number of aliphatic carboxylic acids is 1. The molecule has 1 unspecified atom stereocenters. The second-order valence-corrected chi connectivity index (χ2v) is 3.20. The summed E-state index contributed by atoms with van der Waals surface area (Å²) in [5.41, 5.74) is 0.273. The van der Waals surface area contributed by atoms with Crippen molar-refractivity contribution in [2.45, 2.75) is 19.0 Å². The molecule has 1 aromatic carbocycles. The van der Waals surface area contributed by atoms with E-state index in [1.54, 1.807) is 0 Å². The SMILES string of the molecule is O=C(O)C(F)Cc1ccc(OC(F)(F)F)cc1. The van der Waals surface area contributed by atoms with E-state index in [4.69, 9.17) is 5.11 Å². The highest BCUT2D eigenvalue weighted by Crippen LogP contribution is 2.23. The molecule has 0 spiro atoms. The third kappa shape index (κ3) is 4.71. The summed E-state index contributed by atoms with van der Waals surface area (Å²) in [5, 5.41) is 8.30. The first-order valence-corrected chi connectivity index (χ1v) is 4.49. The molecule has 1 aromatic rings. The molecule has 0 aliphatic heterocycles. The minimum Gasteiger partial charge on any atom is -0.479 e. The summed E-state index contributed by atoms with van der Waals surface area (Å²) < 4.78 is 51.8. The Labute approximate surface area is 93.6 Å². The highest BCUT2D eigenvalue weighted by Gasteiger charge is 2.31. The first kappa shape index (κ1) is 13.3. The Hall–Kier alpha value is -1.79. The summed E-state index contributed by atoms with van der Waals surface area (Å²) in [5.74, 6) is -2.05. The van der Waals surface area contributed by atoms with Gasteiger partial charge in [0.2, 0.25) is 6.17 Å². The lowest BCUT2D eigenvalue weighted by Crippen LogP contribution is -2.18. The van der Waals surface area contributed by atoms with Crippen LogP contribution in [-0.4, -0.2) is 23.6 Å². The smallest absolute Gasteiger partial charge is 0.479 e. The molecule has 17 heavy (non-hydrogen) atoms. The number of carbonyl (C=O) groups is 1. The van der Waals surface area contributed by atoms with Crippen LogP contribution in [0.3, 0.4) is 0 Å². The Morgan fingerprint density at radius 2 is 1.82 bits per heavy atom. The Balaban J connectivity index is 2.65. The normalized spacial score (nSPS) is 13.2. The number of carboxylic acids is 1. The molecule has 0 saturated carbocycles. The molecule has 0 amide bonds. The van der Waals surface area contributed by atoms with Crippen molar-refractivity contribution >= 4 is 5.97 Å². The number of halogens is 4. The molecule has 7 heteroatoms. The quantitative estimate of drug-likeness (QED) is 0.837. The van der Waals surface area contributed by atoms with Crippen molar-refractivity contribution in [3.8, 4) is 5.75 Å². The number of rotatable bonds is 4. The number of carboxylic acid groups (broad SMARTS) is 1. The second-order valence-electron chi connectivity index (χ2n) is 3.20. The summed E-state index contributed by atoms with van der Waals surface area (Å²) in [6.07, 6.45) is -7.27. The lowest BCUT2D eigenvalue weighted by molar-refractivity contribution is -0.274. The Bertz CT molecular complexity index is 386. The van der Waals surface area contributed by atoms with Crippen LogP contribution >= 0.6 is 0 Å². The van der Waals surface area contributed by atoms with Gasteiger partial charge in [-0.25, -0.2) is 9.18 Å². The van der Waals surface area contributed by atoms with Crippen molar-refractivity contribution in [3.05, 3.63) is 29.8 Å². The maximum Gasteiger partial charge on any atom is 0.573 e. The van der Waals surface area contributed by atoms with Gasteiger partial charge in [0.1, 0.15) is 5.75 Å². The monoisotopic (exact) mass is 252 g/mol. The van der Waals surface area contributed by atoms with Gasteiger partial charge < -0.3 is 9.84 Å². The third-order valence-corrected chi connectivity index (χ3v) is 1.84. The van der Waals surface area contributed by atoms with Crippen LogP contribution in [0.1, 0.15) is 5.56 Å². The van der Waals surface area contributed by atoms with E-state index < -0.39 is 30.7 Å². The standard InChI is InChI=1S/C10H8F4O3/c11-8(9(15)16)5-6-1-3-7(4-2-6)17-10(12,13)14/h1-4,8H,5H2,(H,15,16). The fraction of sp³-hybridized carbons (Fsp3) is 0.300. The first-order valence-electron chi connectivity index (χ1n) is 4.49. The lowest BCUT2D eigenvalue weighted by Gasteiger charge is -2.09. The van der Waals surface area contributed by atoms with E-state index in [1.165, 1.54) is 12.1 Å². The van der Waals surface area contributed by atoms with Crippen LogP contribution in [0.5, 0.6) is 5.75 Å². The fourth-order valence-electron chi connectivity index (χ4n) is 1.12. The van der Waals surface area contributed by atoms with Crippen LogP contribution in [0.2, 0.25) is 0 Å². The van der Waals surface area contributed by atoms with Crippen LogP contribution in [0.15, 0.2) is 24.3 Å². The van der Waals surface area contributed by atoms with Crippen molar-refractivity contribution in [3.63, 3.8) is 0 Å². The van der Waals surface area contributed by atoms with Crippen LogP contribution in [0, 0.1) is 0 Å². The Morgan fingerprint density at radius 3 is 2.24 bits per heavy atom. The minimum atomic E-state index is -4.79. The Kier molecular flexibility index (Phi) is 3.93. The Morgan fingerprint density at radius 1 is 1.29 bits per heavy atom. The highest BCUT2D eigenvalue weighted by molar-refractivity contribution is 5.72. The zero-order valence-electron chi connectivity index (χ0n) is 8.37. The molecule has 0 aromatic heterocycles. The molecule has 1 atom stereocenters. The van der Waals surface area contributed by atoms with E-state index >= 15 is 0 Å². The molecule has 0 aliphatic carbocycles. The van der Waals surface area contributed by atoms with Gasteiger partial charge in [-0.3, -0.25) is 0 Å². The van der Waals surface area contributed by atoms with Gasteiger partial charge in [-0.05, 0) is 17.7 Å². The van der Waals surface area contributed by atoms with Crippen LogP contribution in [-0.2, 0) is 11.2 Å². The summed E-state index contributed by atoms with van der Waals surface area (Å²) in [4.78, 5) is 10.2. The molecule has 94 valence electrons. The fourth-order valence-corrected chi connectivity index (χ4v) is 1.12. The average Bonchev–Trinajstić information content (AvgIpc) is 2.18. The second kappa shape index (κ2) is 5.03. The predicted molar refractivity (Wildman–Crippen MR) is 49.4 cm³/mol. The molecule has 0 heterocycles. The number of ether oxygens (including phenoxy) is 1. The van der Waals surface area contributed by atoms with Gasteiger partial charge in [0.25, 0.3) is 0 Å². The third-order valence-electron chi connectivity index (χ3n) is 1.84. The number of benzene rings is 1. The molecule has 0 radical (unpaired) electrons. The van der Waals surface area contributed by atoms with Gasteiger partial charge in [-0.15, -0.1) is 13.2 Å². The summed E-state index contributed by atoms with van der Waals surface area (Å²) in [6, 6.07) is 4.35. The number of hydrogen-bond donors (Lipinski definition) is 1. The zero-order chi connectivity index (χ0) is 13.1. The van der Waals surface area contributed by atoms with Gasteiger partial charge in [-0.1, -0.05) is 12.1 Å². The van der Waals surface area contributed by atoms with Crippen LogP contribution < -0.4 is 4.74 Å². The van der Waals surface area contributed by atoms with Crippen LogP contribution in [0.4, 0.5) is 17.6 Å². The van der Waals surface area contributed by atoms with E-state index in [9.17, 15) is 22.4 Å². The maximum atomic E-state index is 12.8. The largest absolute Gasteiger partial charge is 0.573 e. The molecular formula is C10H8F4O3. The van der Waals surface area contributed by atoms with Crippen LogP contribution in [0.25, 0.3) is 0 Å². The molecule has 3 nitrogen and oxygen atoms in total. The molecule has 0 fully saturated rings. The average molecular weight is 252 g/mol. The minimum absolute atomic E-state index is 0.273. The highest BCUT2D eigenvalue weighted by atomic mass is 19.4. The molecule has 0 saturated heterocycles. The summed E-state index contributed by atoms with van der Waals surface area (Å²) in [6.45, 7) is 0. The topological polar surface area (TPSA) is 46.5 Å². The number of alkyl halides is 4. The van der Waals surface area contributed by atoms with E-state index in [-0.39, 0.29) is 5.56 Å². The van der Waals surface area contributed by atoms with Crippen molar-refractivity contribution in [2.24, 2.45) is 0 Å². The van der Waals surface area contributed by atoms with Gasteiger partial charge in [0, 0.05) is 6.42 Å². The summed E-state index contributed by atoms with van der Waals surface area (Å²) in [7, 11) is 0. The van der Waals surface area contributed by atoms with Gasteiger partial charge in [0.05, 0.1) is 0 Å². The zero-order valence-corrected chi connectivity index (χ0v) is 8.37. The molecule has 1 N–H and O–H groups in total. The maximum absolute atomic E-state index is 12.8. The summed E-state index contributed by atoms with van der Waals surface area (Å²) >= 11 is 0. The first-order chi connectivity index (χ1) is 7.78. The van der Waals surface area contributed by atoms with Crippen molar-refractivity contribution in [1.82, 2.24) is 0 Å². The van der Waals surface area contributed by atoms with E-state index in [1.807, 2.05) is 0 Å². The number of hydrogen-bond acceptors (Lipinski definition) is 2. The lowest BCUT2D eigenvalue weighted by atomic mass is 10.1. The van der Waals surface area contributed by atoms with Crippen molar-refractivity contribution < 1.29 is 32.2 Å². The van der Waals surface area contributed by atoms with Gasteiger partial charge >= 0.3 is 12.3 Å². The van der Waals surface area contributed by atoms with E-state index in [0.717, 1.165) is 12.1 Å². The molecule has 1 rings (SSSR count). The molecule has 0 aliphatic rings. The molecule has 0 bridgehead atoms. The van der Waals surface area contributed by atoms with Gasteiger partial charge in [0.15, 0.2) is 0 Å². The van der Waals surface area contributed by atoms with E-state index in [0.29, 0.717) is 0 Å². The van der Waals surface area contributed by atoms with E-state index in [2.05, 4.69) is 4.74 Å². The van der Waals surface area contributed by atoms with Crippen molar-refractivity contribution in [2.75, 3.05) is 0 Å². The van der Waals surface area contributed by atoms with Gasteiger partial charge in [-0.2, -0.15) is 0 Å². The van der Waals surface area contributed by atoms with Crippen molar-refractivity contribution in [1.29, 1.82) is 0 Å². The predicted octanol–water partition coefficient (Wildman–Crippen LogP) is 2.55. The molecular weight excluding hydrogens is 244 g/mol.